The smallest absolute Gasteiger partial charge is 0.241 e. The zero-order chi connectivity index (χ0) is 14.8. The molecular formula is C14H17N5O2. The number of β-amino-alcohol motifs (C(OH)–C–C–N with tert-alkyl or cyclic N) is 1. The molecule has 1 saturated heterocycles. The van der Waals surface area contributed by atoms with E-state index >= 15 is 0 Å². The first kappa shape index (κ1) is 13.7. The van der Waals surface area contributed by atoms with Crippen LogP contribution in [0.5, 0.6) is 0 Å². The summed E-state index contributed by atoms with van der Waals surface area (Å²) >= 11 is 0. The van der Waals surface area contributed by atoms with Gasteiger partial charge in [-0.3, -0.25) is 9.36 Å². The molecule has 3 rings (SSSR count). The molecule has 2 atom stereocenters. The quantitative estimate of drug-likeness (QED) is 0.752. The minimum atomic E-state index is -0.453. The second-order valence-corrected chi connectivity index (χ2v) is 5.09. The molecule has 0 unspecified atom stereocenters. The maximum atomic E-state index is 12.0. The second-order valence-electron chi connectivity index (χ2n) is 5.09. The zero-order valence-corrected chi connectivity index (χ0v) is 11.7. The van der Waals surface area contributed by atoms with Gasteiger partial charge in [-0.1, -0.05) is 0 Å². The first-order chi connectivity index (χ1) is 10.1. The lowest BCUT2D eigenvalue weighted by Crippen LogP contribution is -2.35. The number of anilines is 1. The minimum absolute atomic E-state index is 0.153. The number of hydrogen-bond acceptors (Lipinski definition) is 5. The van der Waals surface area contributed by atoms with Gasteiger partial charge >= 0.3 is 0 Å². The van der Waals surface area contributed by atoms with Crippen molar-refractivity contribution < 1.29 is 9.90 Å². The van der Waals surface area contributed by atoms with Gasteiger partial charge in [0, 0.05) is 18.9 Å². The van der Waals surface area contributed by atoms with Crippen molar-refractivity contribution in [2.75, 3.05) is 11.9 Å². The van der Waals surface area contributed by atoms with Crippen LogP contribution in [0.4, 0.5) is 5.69 Å². The fraction of sp³-hybridized carbons (Fsp3) is 0.357. The summed E-state index contributed by atoms with van der Waals surface area (Å²) in [5, 5.41) is 15.2. The highest BCUT2D eigenvalue weighted by Crippen LogP contribution is 2.13. The summed E-state index contributed by atoms with van der Waals surface area (Å²) in [4.78, 5) is 20.5. The number of nitrogens with zero attached hydrogens (tertiary/aromatic N) is 3. The summed E-state index contributed by atoms with van der Waals surface area (Å²) in [6, 6.07) is 3.27. The number of carbonyl (C=O) groups is 1. The third kappa shape index (κ3) is 2.93. The Balaban J connectivity index is 1.67. The first-order valence-corrected chi connectivity index (χ1v) is 6.82. The van der Waals surface area contributed by atoms with Crippen molar-refractivity contribution in [1.82, 2.24) is 19.9 Å². The van der Waals surface area contributed by atoms with Crippen LogP contribution in [-0.4, -0.2) is 44.2 Å². The van der Waals surface area contributed by atoms with Crippen LogP contribution in [0.1, 0.15) is 12.2 Å². The van der Waals surface area contributed by atoms with Crippen molar-refractivity contribution in [1.29, 1.82) is 0 Å². The lowest BCUT2D eigenvalue weighted by molar-refractivity contribution is -0.117. The highest BCUT2D eigenvalue weighted by Gasteiger charge is 2.27. The molecule has 0 saturated carbocycles. The van der Waals surface area contributed by atoms with E-state index in [0.29, 0.717) is 18.7 Å². The number of amides is 1. The summed E-state index contributed by atoms with van der Waals surface area (Å²) in [7, 11) is 0. The Kier molecular flexibility index (Phi) is 3.68. The number of imidazole rings is 1. The van der Waals surface area contributed by atoms with Gasteiger partial charge in [-0.2, -0.15) is 0 Å². The summed E-state index contributed by atoms with van der Waals surface area (Å²) in [6.07, 6.45) is 5.14. The van der Waals surface area contributed by atoms with Crippen LogP contribution in [0.3, 0.4) is 0 Å². The molecule has 2 aromatic heterocycles. The van der Waals surface area contributed by atoms with Crippen molar-refractivity contribution in [2.24, 2.45) is 0 Å². The Labute approximate surface area is 122 Å². The van der Waals surface area contributed by atoms with Gasteiger partial charge < -0.3 is 15.7 Å². The molecule has 0 aliphatic carbocycles. The molecule has 0 bridgehead atoms. The van der Waals surface area contributed by atoms with Crippen LogP contribution in [-0.2, 0) is 4.79 Å². The number of pyridine rings is 1. The molecule has 1 aliphatic heterocycles. The molecule has 2 aromatic rings. The fourth-order valence-electron chi connectivity index (χ4n) is 2.37. The monoisotopic (exact) mass is 287 g/mol. The molecule has 1 fully saturated rings. The highest BCUT2D eigenvalue weighted by atomic mass is 16.3. The fourth-order valence-corrected chi connectivity index (χ4v) is 2.37. The zero-order valence-electron chi connectivity index (χ0n) is 11.7. The average Bonchev–Trinajstić information content (AvgIpc) is 3.08. The molecule has 7 heteroatoms. The van der Waals surface area contributed by atoms with Gasteiger partial charge in [-0.25, -0.2) is 9.97 Å². The molecule has 0 aromatic carbocycles. The molecule has 1 aliphatic rings. The summed E-state index contributed by atoms with van der Waals surface area (Å²) in [6.45, 7) is 2.35. The third-order valence-corrected chi connectivity index (χ3v) is 3.51. The van der Waals surface area contributed by atoms with E-state index < -0.39 is 6.10 Å². The number of aryl methyl sites for hydroxylation is 1. The molecule has 21 heavy (non-hydrogen) atoms. The van der Waals surface area contributed by atoms with E-state index in [-0.39, 0.29) is 11.9 Å². The Morgan fingerprint density at radius 3 is 2.90 bits per heavy atom. The molecule has 110 valence electrons. The van der Waals surface area contributed by atoms with Gasteiger partial charge in [0.05, 0.1) is 24.0 Å². The van der Waals surface area contributed by atoms with Crippen LogP contribution >= 0.6 is 0 Å². The molecule has 0 spiro atoms. The predicted molar refractivity (Wildman–Crippen MR) is 77.1 cm³/mol. The molecule has 3 N–H and O–H groups in total. The van der Waals surface area contributed by atoms with E-state index in [1.54, 1.807) is 18.5 Å². The largest absolute Gasteiger partial charge is 0.392 e. The number of rotatable bonds is 3. The summed E-state index contributed by atoms with van der Waals surface area (Å²) < 4.78 is 1.86. The van der Waals surface area contributed by atoms with Crippen LogP contribution in [0.2, 0.25) is 0 Å². The number of carbonyl (C=O) groups excluding carboxylic acids is 1. The van der Waals surface area contributed by atoms with Crippen LogP contribution in [0.25, 0.3) is 5.82 Å². The van der Waals surface area contributed by atoms with Gasteiger partial charge in [0.25, 0.3) is 0 Å². The Hall–Kier alpha value is -2.25. The lowest BCUT2D eigenvalue weighted by atomic mass is 10.2. The predicted octanol–water partition coefficient (Wildman–Crippen LogP) is 0.237. The minimum Gasteiger partial charge on any atom is -0.392 e. The van der Waals surface area contributed by atoms with Crippen LogP contribution in [0.15, 0.2) is 30.7 Å². The van der Waals surface area contributed by atoms with E-state index in [0.717, 1.165) is 11.6 Å². The SMILES string of the molecule is Cc1nccn1-c1ccc(NC(=O)[C@H]2C[C@@H](O)CN2)cn1. The highest BCUT2D eigenvalue weighted by molar-refractivity contribution is 5.95. The molecular weight excluding hydrogens is 270 g/mol. The number of aliphatic hydroxyl groups is 1. The van der Waals surface area contributed by atoms with E-state index in [1.807, 2.05) is 23.8 Å². The summed E-state index contributed by atoms with van der Waals surface area (Å²) in [5.41, 5.74) is 0.629. The normalized spacial score (nSPS) is 21.4. The van der Waals surface area contributed by atoms with E-state index in [9.17, 15) is 9.90 Å². The standard InChI is InChI=1S/C14H17N5O2/c1-9-15-4-5-19(9)13-3-2-10(7-17-13)18-14(21)12-6-11(20)8-16-12/h2-5,7,11-12,16,20H,6,8H2,1H3,(H,18,21)/t11-,12-/m1/s1. The van der Waals surface area contributed by atoms with Gasteiger partial charge in [0.2, 0.25) is 5.91 Å². The summed E-state index contributed by atoms with van der Waals surface area (Å²) in [5.74, 6) is 1.45. The maximum Gasteiger partial charge on any atom is 0.241 e. The number of aliphatic hydroxyl groups excluding tert-OH is 1. The topological polar surface area (TPSA) is 92.1 Å². The van der Waals surface area contributed by atoms with Crippen LogP contribution < -0.4 is 10.6 Å². The number of nitrogens with one attached hydrogen (secondary N) is 2. The average molecular weight is 287 g/mol. The van der Waals surface area contributed by atoms with Crippen LogP contribution in [0, 0.1) is 6.92 Å². The third-order valence-electron chi connectivity index (χ3n) is 3.51. The van der Waals surface area contributed by atoms with Gasteiger partial charge in [-0.15, -0.1) is 0 Å². The number of aromatic nitrogens is 3. The molecule has 3 heterocycles. The van der Waals surface area contributed by atoms with Gasteiger partial charge in [0.15, 0.2) is 0 Å². The van der Waals surface area contributed by atoms with Crippen molar-refractivity contribution in [3.63, 3.8) is 0 Å². The molecule has 1 amide bonds. The van der Waals surface area contributed by atoms with E-state index in [4.69, 9.17) is 0 Å². The second kappa shape index (κ2) is 5.63. The van der Waals surface area contributed by atoms with Crippen molar-refractivity contribution >= 4 is 11.6 Å². The van der Waals surface area contributed by atoms with Gasteiger partial charge in [-0.05, 0) is 25.5 Å². The Morgan fingerprint density at radius 1 is 1.48 bits per heavy atom. The van der Waals surface area contributed by atoms with Gasteiger partial charge in [0.1, 0.15) is 11.6 Å². The molecule has 7 nitrogen and oxygen atoms in total. The van der Waals surface area contributed by atoms with Crippen molar-refractivity contribution in [3.05, 3.63) is 36.5 Å². The Bertz CT molecular complexity index is 637. The number of hydrogen-bond donors (Lipinski definition) is 3. The van der Waals surface area contributed by atoms with Crippen molar-refractivity contribution in [3.8, 4) is 5.82 Å². The van der Waals surface area contributed by atoms with E-state index in [2.05, 4.69) is 20.6 Å². The lowest BCUT2D eigenvalue weighted by Gasteiger charge is -2.11. The Morgan fingerprint density at radius 2 is 2.33 bits per heavy atom. The molecule has 0 radical (unpaired) electrons. The first-order valence-electron chi connectivity index (χ1n) is 6.82. The van der Waals surface area contributed by atoms with E-state index in [1.165, 1.54) is 0 Å². The maximum absolute atomic E-state index is 12.0. The van der Waals surface area contributed by atoms with Crippen molar-refractivity contribution in [2.45, 2.75) is 25.5 Å².